The van der Waals surface area contributed by atoms with Crippen molar-refractivity contribution in [1.82, 2.24) is 0 Å². The Balaban J connectivity index is 3.77. The van der Waals surface area contributed by atoms with Gasteiger partial charge >= 0.3 is 7.12 Å². The van der Waals surface area contributed by atoms with Gasteiger partial charge in [-0.25, -0.2) is 0 Å². The molecule has 0 radical (unpaired) electrons. The van der Waals surface area contributed by atoms with Gasteiger partial charge in [0.1, 0.15) is 0 Å². The highest BCUT2D eigenvalue weighted by molar-refractivity contribution is 9.11. The van der Waals surface area contributed by atoms with E-state index in [2.05, 4.69) is 22.9 Å². The molecule has 4 heteroatoms. The summed E-state index contributed by atoms with van der Waals surface area (Å²) in [7, 11) is 3.03. The normalized spacial score (nSPS) is 11.8. The van der Waals surface area contributed by atoms with E-state index in [-0.39, 0.29) is 7.12 Å². The van der Waals surface area contributed by atoms with Gasteiger partial charge in [-0.15, -0.1) is 0 Å². The van der Waals surface area contributed by atoms with Crippen molar-refractivity contribution in [1.29, 1.82) is 0 Å². The lowest BCUT2D eigenvalue weighted by atomic mass is 9.89. The lowest BCUT2D eigenvalue weighted by Crippen LogP contribution is -2.16. The molecular weight excluding hydrogens is 219 g/mol. The van der Waals surface area contributed by atoms with Crippen LogP contribution in [0, 0.1) is 0 Å². The molecule has 0 aliphatic rings. The molecule has 0 fully saturated rings. The monoisotopic (exact) mass is 234 g/mol. The van der Waals surface area contributed by atoms with Crippen molar-refractivity contribution in [3.63, 3.8) is 0 Å². The quantitative estimate of drug-likeness (QED) is 0.659. The lowest BCUT2D eigenvalue weighted by Gasteiger charge is -2.04. The van der Waals surface area contributed by atoms with E-state index in [4.69, 9.17) is 9.31 Å². The maximum atomic E-state index is 5.02. The minimum absolute atomic E-state index is 0.226. The number of allylic oxidation sites excluding steroid dienone is 1. The van der Waals surface area contributed by atoms with Gasteiger partial charge < -0.3 is 9.31 Å². The molecule has 0 saturated carbocycles. The molecule has 0 rings (SSSR count). The van der Waals surface area contributed by atoms with E-state index in [0.717, 1.165) is 10.9 Å². The molecule has 0 saturated heterocycles. The fourth-order valence-corrected chi connectivity index (χ4v) is 1.31. The van der Waals surface area contributed by atoms with Crippen LogP contribution in [0.1, 0.15) is 26.2 Å². The first-order valence-corrected chi connectivity index (χ1v) is 4.95. The van der Waals surface area contributed by atoms with Crippen molar-refractivity contribution >= 4 is 23.0 Å². The summed E-state index contributed by atoms with van der Waals surface area (Å²) in [4.78, 5) is 0. The molecule has 0 heterocycles. The van der Waals surface area contributed by atoms with Crippen LogP contribution < -0.4 is 0 Å². The van der Waals surface area contributed by atoms with Crippen molar-refractivity contribution in [2.75, 3.05) is 14.2 Å². The maximum absolute atomic E-state index is 5.02. The zero-order valence-corrected chi connectivity index (χ0v) is 9.56. The van der Waals surface area contributed by atoms with Crippen molar-refractivity contribution in [2.45, 2.75) is 26.2 Å². The Morgan fingerprint density at radius 1 is 1.42 bits per heavy atom. The topological polar surface area (TPSA) is 18.5 Å². The van der Waals surface area contributed by atoms with Crippen LogP contribution in [0.3, 0.4) is 0 Å². The van der Waals surface area contributed by atoms with Crippen molar-refractivity contribution in [2.24, 2.45) is 0 Å². The smallest absolute Gasteiger partial charge is 0.410 e. The maximum Gasteiger partial charge on any atom is 0.486 e. The van der Waals surface area contributed by atoms with Crippen LogP contribution in [-0.2, 0) is 9.31 Å². The second-order valence-corrected chi connectivity index (χ2v) is 3.58. The first-order chi connectivity index (χ1) is 5.74. The van der Waals surface area contributed by atoms with E-state index >= 15 is 0 Å². The standard InChI is InChI=1S/C8H16BBrO2/c1-4-5-6-8(10)7-9(11-2)12-3/h7H,4-6H2,1-3H3/b8-7-. The van der Waals surface area contributed by atoms with Crippen LogP contribution in [0.5, 0.6) is 0 Å². The molecule has 0 bridgehead atoms. The Morgan fingerprint density at radius 3 is 2.42 bits per heavy atom. The predicted octanol–water partition coefficient (Wildman–Crippen LogP) is 2.78. The average molecular weight is 235 g/mol. The molecule has 12 heavy (non-hydrogen) atoms. The molecule has 0 aromatic rings. The zero-order valence-electron chi connectivity index (χ0n) is 7.97. The Bertz CT molecular complexity index is 135. The minimum Gasteiger partial charge on any atom is -0.410 e. The summed E-state index contributed by atoms with van der Waals surface area (Å²) in [5.74, 6) is 1.94. The van der Waals surface area contributed by atoms with Gasteiger partial charge in [-0.2, -0.15) is 0 Å². The van der Waals surface area contributed by atoms with E-state index in [0.29, 0.717) is 0 Å². The molecule has 0 aromatic heterocycles. The molecule has 0 aliphatic heterocycles. The zero-order chi connectivity index (χ0) is 9.40. The second-order valence-electron chi connectivity index (χ2n) is 2.56. The Hall–Kier alpha value is 0.205. The van der Waals surface area contributed by atoms with Crippen molar-refractivity contribution in [3.8, 4) is 0 Å². The van der Waals surface area contributed by atoms with Gasteiger partial charge in [0, 0.05) is 14.2 Å². The number of unbranched alkanes of at least 4 members (excludes halogenated alkanes) is 1. The number of hydrogen-bond acceptors (Lipinski definition) is 2. The predicted molar refractivity (Wildman–Crippen MR) is 56.3 cm³/mol. The number of hydrogen-bond donors (Lipinski definition) is 0. The van der Waals surface area contributed by atoms with Gasteiger partial charge in [0.2, 0.25) is 0 Å². The SMILES string of the molecule is CCCC/C(Br)=C/B(OC)OC. The minimum atomic E-state index is -0.226. The summed E-state index contributed by atoms with van der Waals surface area (Å²) >= 11 is 3.46. The van der Waals surface area contributed by atoms with E-state index in [1.54, 1.807) is 14.2 Å². The van der Waals surface area contributed by atoms with E-state index < -0.39 is 0 Å². The third-order valence-corrected chi connectivity index (χ3v) is 2.21. The highest BCUT2D eigenvalue weighted by Crippen LogP contribution is 2.14. The molecule has 0 atom stereocenters. The summed E-state index contributed by atoms with van der Waals surface area (Å²) in [5.41, 5.74) is 0. The molecule has 0 amide bonds. The molecule has 0 N–H and O–H groups in total. The molecular formula is C8H16BBrO2. The summed E-state index contributed by atoms with van der Waals surface area (Å²) in [6, 6.07) is 0. The van der Waals surface area contributed by atoms with Crippen LogP contribution in [0.2, 0.25) is 0 Å². The number of halogens is 1. The van der Waals surface area contributed by atoms with Gasteiger partial charge in [0.05, 0.1) is 0 Å². The molecule has 70 valence electrons. The van der Waals surface area contributed by atoms with Crippen LogP contribution in [0.25, 0.3) is 0 Å². The Kier molecular flexibility index (Phi) is 7.97. The first kappa shape index (κ1) is 12.2. The van der Waals surface area contributed by atoms with Crippen LogP contribution >= 0.6 is 15.9 Å². The third-order valence-electron chi connectivity index (χ3n) is 1.55. The van der Waals surface area contributed by atoms with E-state index in [1.165, 1.54) is 12.8 Å². The molecule has 0 aliphatic carbocycles. The summed E-state index contributed by atoms with van der Waals surface area (Å²) in [6.45, 7) is 2.17. The Morgan fingerprint density at radius 2 is 2.00 bits per heavy atom. The molecule has 0 unspecified atom stereocenters. The van der Waals surface area contributed by atoms with Gasteiger partial charge in [0.15, 0.2) is 0 Å². The number of rotatable bonds is 6. The van der Waals surface area contributed by atoms with Gasteiger partial charge in [-0.3, -0.25) is 0 Å². The summed E-state index contributed by atoms with van der Waals surface area (Å²) in [6.07, 6.45) is 3.45. The Labute approximate surface area is 83.6 Å². The fourth-order valence-electron chi connectivity index (χ4n) is 0.809. The lowest BCUT2D eigenvalue weighted by molar-refractivity contribution is 0.290. The third kappa shape index (κ3) is 5.80. The summed E-state index contributed by atoms with van der Waals surface area (Å²) < 4.78 is 11.2. The average Bonchev–Trinajstić information content (AvgIpc) is 2.10. The molecule has 0 spiro atoms. The van der Waals surface area contributed by atoms with Crippen LogP contribution in [0.15, 0.2) is 10.5 Å². The largest absolute Gasteiger partial charge is 0.486 e. The molecule has 2 nitrogen and oxygen atoms in total. The van der Waals surface area contributed by atoms with E-state index in [1.807, 2.05) is 5.98 Å². The van der Waals surface area contributed by atoms with Crippen LogP contribution in [0.4, 0.5) is 0 Å². The van der Waals surface area contributed by atoms with Gasteiger partial charge in [-0.1, -0.05) is 29.3 Å². The highest BCUT2D eigenvalue weighted by Gasteiger charge is 2.10. The van der Waals surface area contributed by atoms with Crippen molar-refractivity contribution in [3.05, 3.63) is 10.5 Å². The van der Waals surface area contributed by atoms with E-state index in [9.17, 15) is 0 Å². The summed E-state index contributed by atoms with van der Waals surface area (Å²) in [5, 5.41) is 0. The first-order valence-electron chi connectivity index (χ1n) is 4.16. The van der Waals surface area contributed by atoms with Gasteiger partial charge in [-0.05, 0) is 23.3 Å². The highest BCUT2D eigenvalue weighted by atomic mass is 79.9. The van der Waals surface area contributed by atoms with Crippen molar-refractivity contribution < 1.29 is 9.31 Å². The van der Waals surface area contributed by atoms with Crippen LogP contribution in [-0.4, -0.2) is 21.3 Å². The second kappa shape index (κ2) is 7.83. The molecule has 0 aromatic carbocycles. The fraction of sp³-hybridized carbons (Fsp3) is 0.750. The van der Waals surface area contributed by atoms with Gasteiger partial charge in [0.25, 0.3) is 0 Å².